The van der Waals surface area contributed by atoms with E-state index in [1.807, 2.05) is 4.90 Å². The molecule has 1 saturated heterocycles. The van der Waals surface area contributed by atoms with Crippen LogP contribution >= 0.6 is 0 Å². The van der Waals surface area contributed by atoms with E-state index < -0.39 is 0 Å². The zero-order valence-corrected chi connectivity index (χ0v) is 10.6. The number of ether oxygens (including phenoxy) is 1. The Kier molecular flexibility index (Phi) is 5.22. The van der Waals surface area contributed by atoms with Gasteiger partial charge in [-0.25, -0.2) is 0 Å². The van der Waals surface area contributed by atoms with Gasteiger partial charge in [0.15, 0.2) is 0 Å². The summed E-state index contributed by atoms with van der Waals surface area (Å²) in [5.74, 6) is 0.545. The van der Waals surface area contributed by atoms with E-state index in [2.05, 4.69) is 20.8 Å². The van der Waals surface area contributed by atoms with Crippen molar-refractivity contribution in [1.82, 2.24) is 4.90 Å². The van der Waals surface area contributed by atoms with Gasteiger partial charge in [0.05, 0.1) is 25.3 Å². The third kappa shape index (κ3) is 3.46. The molecule has 1 unspecified atom stereocenters. The van der Waals surface area contributed by atoms with Gasteiger partial charge in [-0.15, -0.1) is 0 Å². The van der Waals surface area contributed by atoms with Gasteiger partial charge in [-0.3, -0.25) is 4.79 Å². The van der Waals surface area contributed by atoms with Crippen molar-refractivity contribution < 1.29 is 9.53 Å². The maximum absolute atomic E-state index is 12.1. The fourth-order valence-electron chi connectivity index (χ4n) is 2.10. The summed E-state index contributed by atoms with van der Waals surface area (Å²) in [7, 11) is 0. The van der Waals surface area contributed by atoms with Crippen LogP contribution in [0.2, 0.25) is 0 Å². The van der Waals surface area contributed by atoms with Crippen molar-refractivity contribution in [2.45, 2.75) is 45.7 Å². The van der Waals surface area contributed by atoms with Gasteiger partial charge in [0, 0.05) is 6.54 Å². The second kappa shape index (κ2) is 6.21. The number of carbonyl (C=O) groups is 1. The molecule has 0 saturated carbocycles. The summed E-state index contributed by atoms with van der Waals surface area (Å²) in [4.78, 5) is 14.0. The van der Waals surface area contributed by atoms with Crippen LogP contribution in [-0.2, 0) is 9.53 Å². The molecule has 1 aliphatic rings. The van der Waals surface area contributed by atoms with Crippen LogP contribution in [0.25, 0.3) is 0 Å². The molecule has 4 nitrogen and oxygen atoms in total. The molecule has 0 aliphatic carbocycles. The molecule has 2 N–H and O–H groups in total. The number of hydrogen-bond acceptors (Lipinski definition) is 3. The Balaban J connectivity index is 2.56. The average molecular weight is 228 g/mol. The standard InChI is InChI=1S/C12H24N2O2/c1-4-10-8-16-6-5-14(10)12(15)11(13)7-9(2)3/h9-11H,4-8,13H2,1-3H3/t10?,11-/m1/s1. The molecule has 94 valence electrons. The third-order valence-electron chi connectivity index (χ3n) is 3.02. The van der Waals surface area contributed by atoms with Crippen molar-refractivity contribution in [3.05, 3.63) is 0 Å². The molecule has 0 aromatic carbocycles. The van der Waals surface area contributed by atoms with Crippen LogP contribution < -0.4 is 5.73 Å². The first-order chi connectivity index (χ1) is 7.56. The monoisotopic (exact) mass is 228 g/mol. The van der Waals surface area contributed by atoms with Gasteiger partial charge in [0.1, 0.15) is 0 Å². The minimum atomic E-state index is -0.354. The van der Waals surface area contributed by atoms with E-state index in [-0.39, 0.29) is 18.0 Å². The highest BCUT2D eigenvalue weighted by Crippen LogP contribution is 2.13. The van der Waals surface area contributed by atoms with Crippen LogP contribution in [0.15, 0.2) is 0 Å². The molecule has 0 aromatic rings. The summed E-state index contributed by atoms with van der Waals surface area (Å²) in [5, 5.41) is 0. The summed E-state index contributed by atoms with van der Waals surface area (Å²) >= 11 is 0. The van der Waals surface area contributed by atoms with Gasteiger partial charge in [-0.2, -0.15) is 0 Å². The molecule has 16 heavy (non-hydrogen) atoms. The fourth-order valence-corrected chi connectivity index (χ4v) is 2.10. The number of nitrogens with zero attached hydrogens (tertiary/aromatic N) is 1. The highest BCUT2D eigenvalue weighted by Gasteiger charge is 2.29. The summed E-state index contributed by atoms with van der Waals surface area (Å²) in [6.45, 7) is 8.22. The van der Waals surface area contributed by atoms with Crippen LogP contribution in [0.3, 0.4) is 0 Å². The second-order valence-corrected chi connectivity index (χ2v) is 4.90. The van der Waals surface area contributed by atoms with E-state index in [1.54, 1.807) is 0 Å². The highest BCUT2D eigenvalue weighted by molar-refractivity contribution is 5.82. The molecule has 4 heteroatoms. The topological polar surface area (TPSA) is 55.6 Å². The summed E-state index contributed by atoms with van der Waals surface area (Å²) in [5.41, 5.74) is 5.93. The Morgan fingerprint density at radius 2 is 2.25 bits per heavy atom. The molecular formula is C12H24N2O2. The van der Waals surface area contributed by atoms with Crippen molar-refractivity contribution in [3.63, 3.8) is 0 Å². The van der Waals surface area contributed by atoms with E-state index in [4.69, 9.17) is 10.5 Å². The SMILES string of the molecule is CCC1COCCN1C(=O)[C@H](N)CC(C)C. The van der Waals surface area contributed by atoms with Gasteiger partial charge in [0.25, 0.3) is 0 Å². The number of hydrogen-bond donors (Lipinski definition) is 1. The summed E-state index contributed by atoms with van der Waals surface area (Å²) in [6.07, 6.45) is 1.69. The number of amides is 1. The number of morpholine rings is 1. The van der Waals surface area contributed by atoms with Gasteiger partial charge in [-0.1, -0.05) is 20.8 Å². The van der Waals surface area contributed by atoms with Gasteiger partial charge < -0.3 is 15.4 Å². The van der Waals surface area contributed by atoms with Crippen LogP contribution in [0, 0.1) is 5.92 Å². The maximum Gasteiger partial charge on any atom is 0.239 e. The number of nitrogens with two attached hydrogens (primary N) is 1. The Morgan fingerprint density at radius 1 is 1.56 bits per heavy atom. The first-order valence-electron chi connectivity index (χ1n) is 6.20. The summed E-state index contributed by atoms with van der Waals surface area (Å²) < 4.78 is 5.38. The van der Waals surface area contributed by atoms with E-state index in [9.17, 15) is 4.79 Å². The first kappa shape index (κ1) is 13.5. The lowest BCUT2D eigenvalue weighted by atomic mass is 10.0. The predicted molar refractivity (Wildman–Crippen MR) is 64.0 cm³/mol. The van der Waals surface area contributed by atoms with E-state index in [0.29, 0.717) is 25.7 Å². The number of rotatable bonds is 4. The lowest BCUT2D eigenvalue weighted by molar-refractivity contribution is -0.141. The third-order valence-corrected chi connectivity index (χ3v) is 3.02. The molecule has 1 fully saturated rings. The van der Waals surface area contributed by atoms with E-state index in [0.717, 1.165) is 12.8 Å². The smallest absolute Gasteiger partial charge is 0.239 e. The Bertz CT molecular complexity index is 231. The molecule has 1 amide bonds. The van der Waals surface area contributed by atoms with Crippen LogP contribution in [0.1, 0.15) is 33.6 Å². The highest BCUT2D eigenvalue weighted by atomic mass is 16.5. The molecule has 1 aliphatic heterocycles. The molecule has 0 aromatic heterocycles. The first-order valence-corrected chi connectivity index (χ1v) is 6.20. The molecule has 0 radical (unpaired) electrons. The van der Waals surface area contributed by atoms with Gasteiger partial charge in [0.2, 0.25) is 5.91 Å². The minimum Gasteiger partial charge on any atom is -0.377 e. The van der Waals surface area contributed by atoms with E-state index >= 15 is 0 Å². The largest absolute Gasteiger partial charge is 0.377 e. The Hall–Kier alpha value is -0.610. The van der Waals surface area contributed by atoms with Crippen LogP contribution in [0.5, 0.6) is 0 Å². The lowest BCUT2D eigenvalue weighted by Crippen LogP contribution is -2.54. The molecular weight excluding hydrogens is 204 g/mol. The zero-order chi connectivity index (χ0) is 12.1. The quantitative estimate of drug-likeness (QED) is 0.781. The Labute approximate surface area is 98.1 Å². The van der Waals surface area contributed by atoms with Crippen molar-refractivity contribution in [1.29, 1.82) is 0 Å². The average Bonchev–Trinajstić information content (AvgIpc) is 2.27. The molecule has 1 rings (SSSR count). The molecule has 0 spiro atoms. The fraction of sp³-hybridized carbons (Fsp3) is 0.917. The normalized spacial score (nSPS) is 23.6. The van der Waals surface area contributed by atoms with Gasteiger partial charge in [-0.05, 0) is 18.8 Å². The predicted octanol–water partition coefficient (Wildman–Crippen LogP) is 0.997. The van der Waals surface area contributed by atoms with Gasteiger partial charge >= 0.3 is 0 Å². The van der Waals surface area contributed by atoms with Crippen molar-refractivity contribution in [2.75, 3.05) is 19.8 Å². The molecule has 0 bridgehead atoms. The van der Waals surface area contributed by atoms with Crippen molar-refractivity contribution >= 4 is 5.91 Å². The van der Waals surface area contributed by atoms with E-state index in [1.165, 1.54) is 0 Å². The maximum atomic E-state index is 12.1. The second-order valence-electron chi connectivity index (χ2n) is 4.90. The molecule has 2 atom stereocenters. The summed E-state index contributed by atoms with van der Waals surface area (Å²) in [6, 6.07) is -0.147. The van der Waals surface area contributed by atoms with Crippen molar-refractivity contribution in [3.8, 4) is 0 Å². The Morgan fingerprint density at radius 3 is 2.81 bits per heavy atom. The van der Waals surface area contributed by atoms with Crippen LogP contribution in [-0.4, -0.2) is 42.6 Å². The zero-order valence-electron chi connectivity index (χ0n) is 10.6. The van der Waals surface area contributed by atoms with Crippen LogP contribution in [0.4, 0.5) is 0 Å². The minimum absolute atomic E-state index is 0.0869. The van der Waals surface area contributed by atoms with Crippen molar-refractivity contribution in [2.24, 2.45) is 11.7 Å². The molecule has 1 heterocycles. The number of carbonyl (C=O) groups excluding carboxylic acids is 1. The lowest BCUT2D eigenvalue weighted by Gasteiger charge is -2.36.